The van der Waals surface area contributed by atoms with Crippen LogP contribution in [0.3, 0.4) is 0 Å². The number of anilines is 3. The fourth-order valence-corrected chi connectivity index (χ4v) is 2.83. The molecule has 1 aliphatic heterocycles. The van der Waals surface area contributed by atoms with E-state index in [1.807, 2.05) is 7.05 Å². The molecule has 118 valence electrons. The van der Waals surface area contributed by atoms with Crippen LogP contribution in [0, 0.1) is 5.92 Å². The summed E-state index contributed by atoms with van der Waals surface area (Å²) in [7, 11) is 4.19. The molecular weight excluding hydrogens is 266 g/mol. The quantitative estimate of drug-likeness (QED) is 0.827. The van der Waals surface area contributed by atoms with Gasteiger partial charge in [0, 0.05) is 33.2 Å². The second-order valence-corrected chi connectivity index (χ2v) is 5.76. The SMILES string of the molecule is CCN(CC)c1nc(N)nc(N(C)CC2CCN(C)C2)n1. The Kier molecular flexibility index (Phi) is 5.17. The van der Waals surface area contributed by atoms with Crippen LogP contribution in [0.4, 0.5) is 17.8 Å². The maximum Gasteiger partial charge on any atom is 0.231 e. The molecule has 0 aromatic carbocycles. The number of hydrogen-bond acceptors (Lipinski definition) is 7. The van der Waals surface area contributed by atoms with Gasteiger partial charge in [-0.3, -0.25) is 0 Å². The molecule has 2 rings (SSSR count). The lowest BCUT2D eigenvalue weighted by atomic mass is 10.1. The van der Waals surface area contributed by atoms with Crippen LogP contribution in [-0.4, -0.2) is 66.7 Å². The predicted molar refractivity (Wildman–Crippen MR) is 86.7 cm³/mol. The summed E-state index contributed by atoms with van der Waals surface area (Å²) in [6.45, 7) is 9.14. The summed E-state index contributed by atoms with van der Waals surface area (Å²) in [6, 6.07) is 0. The summed E-state index contributed by atoms with van der Waals surface area (Å²) in [5.41, 5.74) is 5.85. The normalized spacial score (nSPS) is 19.0. The van der Waals surface area contributed by atoms with Crippen molar-refractivity contribution in [2.45, 2.75) is 20.3 Å². The van der Waals surface area contributed by atoms with E-state index >= 15 is 0 Å². The number of hydrogen-bond donors (Lipinski definition) is 1. The summed E-state index contributed by atoms with van der Waals surface area (Å²) in [6.07, 6.45) is 1.23. The number of aromatic nitrogens is 3. The Balaban J connectivity index is 2.11. The van der Waals surface area contributed by atoms with E-state index in [4.69, 9.17) is 5.73 Å². The van der Waals surface area contributed by atoms with E-state index in [2.05, 4.69) is 50.5 Å². The van der Waals surface area contributed by atoms with Crippen molar-refractivity contribution in [3.05, 3.63) is 0 Å². The van der Waals surface area contributed by atoms with E-state index < -0.39 is 0 Å². The van der Waals surface area contributed by atoms with Gasteiger partial charge in [-0.25, -0.2) is 0 Å². The molecule has 2 heterocycles. The molecule has 1 atom stereocenters. The minimum atomic E-state index is 0.289. The molecule has 0 bridgehead atoms. The molecule has 7 heteroatoms. The van der Waals surface area contributed by atoms with E-state index in [0.717, 1.165) is 26.2 Å². The van der Waals surface area contributed by atoms with Crippen LogP contribution < -0.4 is 15.5 Å². The van der Waals surface area contributed by atoms with Crippen LogP contribution in [0.1, 0.15) is 20.3 Å². The van der Waals surface area contributed by atoms with Gasteiger partial charge in [0.1, 0.15) is 0 Å². The number of rotatable bonds is 6. The molecule has 0 amide bonds. The van der Waals surface area contributed by atoms with Crippen molar-refractivity contribution in [1.82, 2.24) is 19.9 Å². The Labute approximate surface area is 127 Å². The predicted octanol–water partition coefficient (Wildman–Crippen LogP) is 0.688. The van der Waals surface area contributed by atoms with Gasteiger partial charge in [0.05, 0.1) is 0 Å². The zero-order chi connectivity index (χ0) is 15.4. The molecule has 1 aromatic heterocycles. The molecule has 1 saturated heterocycles. The molecular formula is C14H27N7. The minimum absolute atomic E-state index is 0.289. The largest absolute Gasteiger partial charge is 0.368 e. The molecule has 0 radical (unpaired) electrons. The van der Waals surface area contributed by atoms with Gasteiger partial charge >= 0.3 is 0 Å². The lowest BCUT2D eigenvalue weighted by Gasteiger charge is -2.24. The van der Waals surface area contributed by atoms with Gasteiger partial charge in [0.25, 0.3) is 0 Å². The summed E-state index contributed by atoms with van der Waals surface area (Å²) >= 11 is 0. The van der Waals surface area contributed by atoms with Crippen molar-refractivity contribution >= 4 is 17.8 Å². The second kappa shape index (κ2) is 6.89. The number of nitrogens with two attached hydrogens (primary N) is 1. The van der Waals surface area contributed by atoms with Gasteiger partial charge < -0.3 is 20.4 Å². The fraction of sp³-hybridized carbons (Fsp3) is 0.786. The van der Waals surface area contributed by atoms with Crippen LogP contribution in [0.2, 0.25) is 0 Å². The minimum Gasteiger partial charge on any atom is -0.368 e. The Hall–Kier alpha value is -1.63. The summed E-state index contributed by atoms with van der Waals surface area (Å²) in [5, 5.41) is 0. The molecule has 7 nitrogen and oxygen atoms in total. The maximum atomic E-state index is 5.85. The first-order valence-corrected chi connectivity index (χ1v) is 7.69. The fourth-order valence-electron chi connectivity index (χ4n) is 2.83. The first kappa shape index (κ1) is 15.8. The number of nitrogens with zero attached hydrogens (tertiary/aromatic N) is 6. The Morgan fingerprint density at radius 1 is 1.19 bits per heavy atom. The average molecular weight is 293 g/mol. The van der Waals surface area contributed by atoms with Crippen LogP contribution in [0.15, 0.2) is 0 Å². The van der Waals surface area contributed by atoms with E-state index in [1.165, 1.54) is 13.0 Å². The van der Waals surface area contributed by atoms with E-state index in [1.54, 1.807) is 0 Å². The Morgan fingerprint density at radius 3 is 2.43 bits per heavy atom. The molecule has 0 saturated carbocycles. The Morgan fingerprint density at radius 2 is 1.86 bits per heavy atom. The van der Waals surface area contributed by atoms with E-state index in [-0.39, 0.29) is 5.95 Å². The summed E-state index contributed by atoms with van der Waals surface area (Å²) in [4.78, 5) is 19.6. The van der Waals surface area contributed by atoms with Crippen molar-refractivity contribution < 1.29 is 0 Å². The second-order valence-electron chi connectivity index (χ2n) is 5.76. The van der Waals surface area contributed by atoms with E-state index in [9.17, 15) is 0 Å². The monoisotopic (exact) mass is 293 g/mol. The van der Waals surface area contributed by atoms with Gasteiger partial charge in [-0.15, -0.1) is 0 Å². The van der Waals surface area contributed by atoms with E-state index in [0.29, 0.717) is 17.8 Å². The first-order chi connectivity index (χ1) is 10.0. The molecule has 0 spiro atoms. The van der Waals surface area contributed by atoms with Gasteiger partial charge in [-0.05, 0) is 39.8 Å². The molecule has 1 unspecified atom stereocenters. The van der Waals surface area contributed by atoms with Crippen molar-refractivity contribution in [2.24, 2.45) is 5.92 Å². The highest BCUT2D eigenvalue weighted by molar-refractivity contribution is 5.43. The van der Waals surface area contributed by atoms with Crippen LogP contribution in [-0.2, 0) is 0 Å². The zero-order valence-corrected chi connectivity index (χ0v) is 13.6. The smallest absolute Gasteiger partial charge is 0.231 e. The van der Waals surface area contributed by atoms with Gasteiger partial charge in [-0.2, -0.15) is 15.0 Å². The van der Waals surface area contributed by atoms with Crippen LogP contribution >= 0.6 is 0 Å². The lowest BCUT2D eigenvalue weighted by Crippen LogP contribution is -2.30. The topological polar surface area (TPSA) is 74.4 Å². The van der Waals surface area contributed by atoms with Crippen molar-refractivity contribution in [2.75, 3.05) is 62.4 Å². The third-order valence-electron chi connectivity index (χ3n) is 4.04. The van der Waals surface area contributed by atoms with Gasteiger partial charge in [0.2, 0.25) is 17.8 Å². The third-order valence-corrected chi connectivity index (χ3v) is 4.04. The van der Waals surface area contributed by atoms with Crippen LogP contribution in [0.5, 0.6) is 0 Å². The standard InChI is InChI=1S/C14H27N7/c1-5-21(6-2)14-17-12(15)16-13(18-14)20(4)10-11-7-8-19(3)9-11/h11H,5-10H2,1-4H3,(H2,15,16,17,18). The molecule has 1 aromatic rings. The first-order valence-electron chi connectivity index (χ1n) is 7.69. The van der Waals surface area contributed by atoms with Gasteiger partial charge in [-0.1, -0.05) is 0 Å². The number of nitrogen functional groups attached to an aromatic ring is 1. The summed E-state index contributed by atoms with van der Waals surface area (Å²) < 4.78 is 0. The molecule has 2 N–H and O–H groups in total. The van der Waals surface area contributed by atoms with Crippen molar-refractivity contribution in [3.63, 3.8) is 0 Å². The highest BCUT2D eigenvalue weighted by Crippen LogP contribution is 2.19. The Bertz CT molecular complexity index is 461. The molecule has 1 aliphatic rings. The summed E-state index contributed by atoms with van der Waals surface area (Å²) in [5.74, 6) is 2.28. The third kappa shape index (κ3) is 3.93. The molecule has 21 heavy (non-hydrogen) atoms. The molecule has 1 fully saturated rings. The van der Waals surface area contributed by atoms with Crippen molar-refractivity contribution in [3.8, 4) is 0 Å². The lowest BCUT2D eigenvalue weighted by molar-refractivity contribution is 0.395. The maximum absolute atomic E-state index is 5.85. The van der Waals surface area contributed by atoms with Crippen LogP contribution in [0.25, 0.3) is 0 Å². The number of likely N-dealkylation sites (tertiary alicyclic amines) is 1. The van der Waals surface area contributed by atoms with Crippen molar-refractivity contribution in [1.29, 1.82) is 0 Å². The highest BCUT2D eigenvalue weighted by atomic mass is 15.3. The average Bonchev–Trinajstić information content (AvgIpc) is 2.85. The zero-order valence-electron chi connectivity index (χ0n) is 13.6. The highest BCUT2D eigenvalue weighted by Gasteiger charge is 2.22. The molecule has 0 aliphatic carbocycles. The van der Waals surface area contributed by atoms with Gasteiger partial charge in [0.15, 0.2) is 0 Å².